The summed E-state index contributed by atoms with van der Waals surface area (Å²) >= 11 is 11.8. The molecule has 0 unspecified atom stereocenters. The number of nitrogens with zero attached hydrogens (tertiary/aromatic N) is 2. The zero-order chi connectivity index (χ0) is 17.0. The first-order valence-electron chi connectivity index (χ1n) is 6.79. The molecule has 0 aliphatic heterocycles. The summed E-state index contributed by atoms with van der Waals surface area (Å²) in [5, 5.41) is 13.7. The van der Waals surface area contributed by atoms with Crippen molar-refractivity contribution in [2.45, 2.75) is 26.7 Å². The van der Waals surface area contributed by atoms with Crippen LogP contribution in [0, 0.1) is 6.92 Å². The van der Waals surface area contributed by atoms with Gasteiger partial charge in [0.2, 0.25) is 0 Å². The van der Waals surface area contributed by atoms with E-state index in [1.165, 1.54) is 6.20 Å². The van der Waals surface area contributed by atoms with Crippen molar-refractivity contribution >= 4 is 40.7 Å². The molecule has 0 aliphatic carbocycles. The fourth-order valence-corrected chi connectivity index (χ4v) is 2.37. The molecule has 2 N–H and O–H groups in total. The first-order valence-corrected chi connectivity index (χ1v) is 7.55. The summed E-state index contributed by atoms with van der Waals surface area (Å²) in [7, 11) is 0. The zero-order valence-corrected chi connectivity index (χ0v) is 14.1. The highest BCUT2D eigenvalue weighted by molar-refractivity contribution is 6.35. The molecule has 0 saturated carbocycles. The highest BCUT2D eigenvalue weighted by atomic mass is 35.5. The molecule has 0 atom stereocenters. The molecule has 2 heterocycles. The Balaban J connectivity index is 2.12. The maximum atomic E-state index is 10.6. The molecule has 0 fully saturated rings. The van der Waals surface area contributed by atoms with Gasteiger partial charge in [-0.1, -0.05) is 23.2 Å². The molecule has 0 bridgehead atoms. The summed E-state index contributed by atoms with van der Waals surface area (Å²) in [6.45, 7) is 3.60. The minimum atomic E-state index is -0.865. The number of anilines is 1. The number of aryl methyl sites for hydroxylation is 2. The number of hydrazone groups is 1. The molecule has 23 heavy (non-hydrogen) atoms. The van der Waals surface area contributed by atoms with Crippen LogP contribution in [0.25, 0.3) is 0 Å². The zero-order valence-electron chi connectivity index (χ0n) is 12.6. The van der Waals surface area contributed by atoms with Gasteiger partial charge in [-0.15, -0.1) is 0 Å². The lowest BCUT2D eigenvalue weighted by molar-refractivity contribution is -0.137. The van der Waals surface area contributed by atoms with E-state index in [0.29, 0.717) is 39.5 Å². The maximum Gasteiger partial charge on any atom is 0.303 e. The monoisotopic (exact) mass is 355 g/mol. The quantitative estimate of drug-likeness (QED) is 0.600. The van der Waals surface area contributed by atoms with Gasteiger partial charge in [0.25, 0.3) is 0 Å². The fraction of sp³-hybridized carbons (Fsp3) is 0.267. The number of halogens is 2. The molecule has 0 aliphatic rings. The van der Waals surface area contributed by atoms with Crippen molar-refractivity contribution in [2.24, 2.45) is 5.10 Å². The molecule has 2 aromatic heterocycles. The highest BCUT2D eigenvalue weighted by Crippen LogP contribution is 2.23. The highest BCUT2D eigenvalue weighted by Gasteiger charge is 2.12. The van der Waals surface area contributed by atoms with Crippen molar-refractivity contribution in [3.63, 3.8) is 0 Å². The van der Waals surface area contributed by atoms with Crippen LogP contribution in [0.5, 0.6) is 0 Å². The lowest BCUT2D eigenvalue weighted by Gasteiger charge is -2.04. The van der Waals surface area contributed by atoms with E-state index in [4.69, 9.17) is 32.7 Å². The molecule has 2 aromatic rings. The first kappa shape index (κ1) is 17.3. The summed E-state index contributed by atoms with van der Waals surface area (Å²) in [5.41, 5.74) is 4.24. The third-order valence-electron chi connectivity index (χ3n) is 3.08. The third kappa shape index (κ3) is 4.71. The van der Waals surface area contributed by atoms with Crippen molar-refractivity contribution in [1.82, 2.24) is 4.98 Å². The number of aliphatic carboxylic acids is 1. The number of furan rings is 1. The smallest absolute Gasteiger partial charge is 0.303 e. The largest absolute Gasteiger partial charge is 0.481 e. The molecular formula is C15H15Cl2N3O3. The lowest BCUT2D eigenvalue weighted by atomic mass is 10.1. The van der Waals surface area contributed by atoms with Gasteiger partial charge in [-0.25, -0.2) is 4.98 Å². The van der Waals surface area contributed by atoms with Crippen LogP contribution in [-0.4, -0.2) is 21.8 Å². The Labute approximate surface area is 143 Å². The number of aromatic nitrogens is 1. The van der Waals surface area contributed by atoms with Gasteiger partial charge in [-0.3, -0.25) is 10.2 Å². The van der Waals surface area contributed by atoms with Crippen LogP contribution < -0.4 is 5.43 Å². The Kier molecular flexibility index (Phi) is 5.63. The SMILES string of the molecule is C/C(=N/Nc1ncc(Cl)cc1Cl)c1cc(CCC(=O)O)oc1C. The average molecular weight is 356 g/mol. The topological polar surface area (TPSA) is 87.7 Å². The molecule has 8 heteroatoms. The van der Waals surface area contributed by atoms with E-state index >= 15 is 0 Å². The van der Waals surface area contributed by atoms with Crippen molar-refractivity contribution < 1.29 is 14.3 Å². The lowest BCUT2D eigenvalue weighted by Crippen LogP contribution is -2.01. The number of carboxylic acid groups (broad SMARTS) is 1. The average Bonchev–Trinajstić information content (AvgIpc) is 2.85. The molecule has 0 saturated heterocycles. The Morgan fingerprint density at radius 3 is 2.83 bits per heavy atom. The van der Waals surface area contributed by atoms with Gasteiger partial charge in [0.05, 0.1) is 22.2 Å². The predicted octanol–water partition coefficient (Wildman–Crippen LogP) is 4.14. The molecule has 0 amide bonds. The number of rotatable bonds is 6. The molecule has 0 aromatic carbocycles. The molecule has 6 nitrogen and oxygen atoms in total. The Morgan fingerprint density at radius 1 is 1.43 bits per heavy atom. The van der Waals surface area contributed by atoms with Crippen LogP contribution in [0.3, 0.4) is 0 Å². The summed E-state index contributed by atoms with van der Waals surface area (Å²) in [5.74, 6) is 0.805. The molecule has 0 spiro atoms. The number of pyridine rings is 1. The van der Waals surface area contributed by atoms with E-state index in [1.54, 1.807) is 26.0 Å². The third-order valence-corrected chi connectivity index (χ3v) is 3.58. The second-order valence-electron chi connectivity index (χ2n) is 4.87. The van der Waals surface area contributed by atoms with Crippen molar-refractivity contribution in [3.8, 4) is 0 Å². The Bertz CT molecular complexity index is 756. The molecule has 2 rings (SSSR count). The maximum absolute atomic E-state index is 10.6. The number of carbonyl (C=O) groups is 1. The summed E-state index contributed by atoms with van der Waals surface area (Å²) in [6, 6.07) is 3.35. The number of hydrogen-bond acceptors (Lipinski definition) is 5. The van der Waals surface area contributed by atoms with Gasteiger partial charge < -0.3 is 9.52 Å². The predicted molar refractivity (Wildman–Crippen MR) is 89.5 cm³/mol. The summed E-state index contributed by atoms with van der Waals surface area (Å²) in [4.78, 5) is 14.7. The second-order valence-corrected chi connectivity index (χ2v) is 5.71. The van der Waals surface area contributed by atoms with Gasteiger partial charge in [-0.2, -0.15) is 5.10 Å². The first-order chi connectivity index (χ1) is 10.9. The van der Waals surface area contributed by atoms with Gasteiger partial charge in [0.1, 0.15) is 11.5 Å². The number of carboxylic acids is 1. The van der Waals surface area contributed by atoms with Crippen LogP contribution in [0.4, 0.5) is 5.82 Å². The molecule has 122 valence electrons. The normalized spacial score (nSPS) is 11.6. The molecule has 0 radical (unpaired) electrons. The van der Waals surface area contributed by atoms with Crippen molar-refractivity contribution in [3.05, 3.63) is 45.5 Å². The van der Waals surface area contributed by atoms with Crippen molar-refractivity contribution in [1.29, 1.82) is 0 Å². The van der Waals surface area contributed by atoms with Gasteiger partial charge in [0, 0.05) is 18.2 Å². The standard InChI is InChI=1S/C15H15Cl2N3O3/c1-8(19-20-15-13(17)5-10(16)7-18-15)12-6-11(23-9(12)2)3-4-14(21)22/h5-7H,3-4H2,1-2H3,(H,18,20)(H,21,22)/b19-8-. The van der Waals surface area contributed by atoms with Gasteiger partial charge >= 0.3 is 5.97 Å². The second kappa shape index (κ2) is 7.48. The van der Waals surface area contributed by atoms with Crippen LogP contribution in [0.2, 0.25) is 10.0 Å². The summed E-state index contributed by atoms with van der Waals surface area (Å²) < 4.78 is 5.55. The Morgan fingerprint density at radius 2 is 2.17 bits per heavy atom. The van der Waals surface area contributed by atoms with E-state index in [2.05, 4.69) is 15.5 Å². The van der Waals surface area contributed by atoms with E-state index in [9.17, 15) is 4.79 Å². The Hall–Kier alpha value is -2.05. The minimum Gasteiger partial charge on any atom is -0.481 e. The minimum absolute atomic E-state index is 0.0190. The van der Waals surface area contributed by atoms with Gasteiger partial charge in [0.15, 0.2) is 5.82 Å². The summed E-state index contributed by atoms with van der Waals surface area (Å²) in [6.07, 6.45) is 1.82. The van der Waals surface area contributed by atoms with Crippen LogP contribution in [-0.2, 0) is 11.2 Å². The van der Waals surface area contributed by atoms with Gasteiger partial charge in [-0.05, 0) is 26.0 Å². The van der Waals surface area contributed by atoms with Crippen LogP contribution >= 0.6 is 23.2 Å². The molecular weight excluding hydrogens is 341 g/mol. The fourth-order valence-electron chi connectivity index (χ4n) is 1.95. The van der Waals surface area contributed by atoms with Crippen molar-refractivity contribution in [2.75, 3.05) is 5.43 Å². The van der Waals surface area contributed by atoms with Crippen LogP contribution in [0.1, 0.15) is 30.4 Å². The number of hydrogen-bond donors (Lipinski definition) is 2. The van der Waals surface area contributed by atoms with E-state index in [1.807, 2.05) is 0 Å². The van der Waals surface area contributed by atoms with Crippen LogP contribution in [0.15, 0.2) is 27.8 Å². The van der Waals surface area contributed by atoms with E-state index in [0.717, 1.165) is 5.56 Å². The number of nitrogens with one attached hydrogen (secondary N) is 1. The van der Waals surface area contributed by atoms with E-state index in [-0.39, 0.29) is 6.42 Å². The van der Waals surface area contributed by atoms with E-state index < -0.39 is 5.97 Å².